The number of hydrogen-bond acceptors (Lipinski definition) is 3. The van der Waals surface area contributed by atoms with Gasteiger partial charge in [-0.15, -0.1) is 0 Å². The van der Waals surface area contributed by atoms with Crippen LogP contribution in [0.25, 0.3) is 11.1 Å². The molecule has 0 spiro atoms. The highest BCUT2D eigenvalue weighted by atomic mass is 16.6. The Kier molecular flexibility index (Phi) is 5.49. The Morgan fingerprint density at radius 1 is 1.15 bits per heavy atom. The summed E-state index contributed by atoms with van der Waals surface area (Å²) in [6.07, 6.45) is 0.870. The molecule has 2 aromatic rings. The fraction of sp³-hybridized carbons (Fsp3) is 0.364. The molecule has 0 fully saturated rings. The zero-order chi connectivity index (χ0) is 19.6. The summed E-state index contributed by atoms with van der Waals surface area (Å²) < 4.78 is 5.46. The topological polar surface area (TPSA) is 66.8 Å². The molecule has 1 N–H and O–H groups in total. The quantitative estimate of drug-likeness (QED) is 0.704. The summed E-state index contributed by atoms with van der Waals surface area (Å²) in [6, 6.07) is 13.4. The van der Waals surface area contributed by atoms with Crippen molar-refractivity contribution in [2.45, 2.75) is 39.3 Å². The molecule has 142 valence electrons. The van der Waals surface area contributed by atoms with E-state index >= 15 is 0 Å². The number of nitrogens with zero attached hydrogens (tertiary/aromatic N) is 1. The Morgan fingerprint density at radius 3 is 2.56 bits per heavy atom. The fourth-order valence-corrected chi connectivity index (χ4v) is 3.73. The lowest BCUT2D eigenvalue weighted by Gasteiger charge is -2.28. The number of carbonyl (C=O) groups excluding carboxylic acids is 1. The molecule has 0 saturated heterocycles. The molecule has 2 atom stereocenters. The van der Waals surface area contributed by atoms with E-state index in [1.165, 1.54) is 34.2 Å². The minimum atomic E-state index is -1.01. The van der Waals surface area contributed by atoms with Crippen LogP contribution in [0.4, 0.5) is 4.79 Å². The monoisotopic (exact) mass is 367 g/mol. The van der Waals surface area contributed by atoms with Crippen LogP contribution in [0.1, 0.15) is 37.0 Å². The van der Waals surface area contributed by atoms with Crippen molar-refractivity contribution in [2.24, 2.45) is 5.92 Å². The Bertz CT molecular complexity index is 861. The minimum absolute atomic E-state index is 0.132. The van der Waals surface area contributed by atoms with Crippen molar-refractivity contribution in [3.05, 3.63) is 59.2 Å². The fourth-order valence-electron chi connectivity index (χ4n) is 3.73. The summed E-state index contributed by atoms with van der Waals surface area (Å²) in [5.41, 5.74) is 5.80. The van der Waals surface area contributed by atoms with Crippen LogP contribution in [0.2, 0.25) is 0 Å². The second kappa shape index (κ2) is 7.82. The van der Waals surface area contributed by atoms with Gasteiger partial charge in [-0.25, -0.2) is 9.59 Å². The Balaban J connectivity index is 1.73. The maximum Gasteiger partial charge on any atom is 0.410 e. The molecule has 3 rings (SSSR count). The third kappa shape index (κ3) is 3.68. The van der Waals surface area contributed by atoms with E-state index in [0.717, 1.165) is 12.0 Å². The highest BCUT2D eigenvalue weighted by Crippen LogP contribution is 2.38. The first-order valence-electron chi connectivity index (χ1n) is 9.25. The Hall–Kier alpha value is -2.82. The van der Waals surface area contributed by atoms with Crippen LogP contribution in [-0.2, 0) is 22.6 Å². The molecular formula is C22H25NO4. The van der Waals surface area contributed by atoms with Gasteiger partial charge in [0.2, 0.25) is 0 Å². The predicted molar refractivity (Wildman–Crippen MR) is 104 cm³/mol. The van der Waals surface area contributed by atoms with Gasteiger partial charge in [-0.3, -0.25) is 4.90 Å². The summed E-state index contributed by atoms with van der Waals surface area (Å²) in [5.74, 6) is -1.17. The minimum Gasteiger partial charge on any atom is -0.480 e. The third-order valence-corrected chi connectivity index (χ3v) is 5.44. The van der Waals surface area contributed by atoms with Gasteiger partial charge >= 0.3 is 12.1 Å². The van der Waals surface area contributed by atoms with Gasteiger partial charge in [0.1, 0.15) is 12.6 Å². The Morgan fingerprint density at radius 2 is 1.85 bits per heavy atom. The lowest BCUT2D eigenvalue weighted by Crippen LogP contribution is -2.46. The van der Waals surface area contributed by atoms with Crippen LogP contribution in [0, 0.1) is 5.92 Å². The molecule has 0 heterocycles. The summed E-state index contributed by atoms with van der Waals surface area (Å²) in [6.45, 7) is 3.86. The van der Waals surface area contributed by atoms with Crippen LogP contribution < -0.4 is 0 Å². The molecule has 2 aromatic carbocycles. The first kappa shape index (κ1) is 19.0. The highest BCUT2D eigenvalue weighted by molar-refractivity contribution is 5.80. The SMILES string of the molecule is CCC(C)C(C(=O)O)N(C)C(=O)OCc1cccc2c1Cc1ccccc1-2. The molecule has 5 nitrogen and oxygen atoms in total. The second-order valence-corrected chi connectivity index (χ2v) is 7.11. The lowest BCUT2D eigenvalue weighted by atomic mass is 9.98. The molecule has 0 aliphatic heterocycles. The molecule has 1 aliphatic carbocycles. The van der Waals surface area contributed by atoms with Crippen LogP contribution >= 0.6 is 0 Å². The number of benzene rings is 2. The summed E-state index contributed by atoms with van der Waals surface area (Å²) in [4.78, 5) is 25.2. The molecule has 2 unspecified atom stereocenters. The number of rotatable bonds is 6. The van der Waals surface area contributed by atoms with E-state index in [4.69, 9.17) is 4.74 Å². The van der Waals surface area contributed by atoms with Crippen LogP contribution in [-0.4, -0.2) is 35.2 Å². The van der Waals surface area contributed by atoms with Gasteiger partial charge in [-0.1, -0.05) is 62.7 Å². The molecule has 0 aromatic heterocycles. The number of amides is 1. The van der Waals surface area contributed by atoms with Gasteiger partial charge in [-0.05, 0) is 40.2 Å². The number of aliphatic carboxylic acids is 1. The van der Waals surface area contributed by atoms with Crippen molar-refractivity contribution in [2.75, 3.05) is 7.05 Å². The summed E-state index contributed by atoms with van der Waals surface area (Å²) >= 11 is 0. The van der Waals surface area contributed by atoms with Gasteiger partial charge in [-0.2, -0.15) is 0 Å². The van der Waals surface area contributed by atoms with E-state index in [9.17, 15) is 14.7 Å². The number of fused-ring (bicyclic) bond motifs is 3. The van der Waals surface area contributed by atoms with E-state index in [-0.39, 0.29) is 12.5 Å². The maximum absolute atomic E-state index is 12.4. The van der Waals surface area contributed by atoms with Crippen molar-refractivity contribution >= 4 is 12.1 Å². The van der Waals surface area contributed by atoms with E-state index in [1.54, 1.807) is 0 Å². The average Bonchev–Trinajstić information content (AvgIpc) is 3.05. The standard InChI is InChI=1S/C22H25NO4/c1-4-14(2)20(21(24)25)23(3)22(26)27-13-16-9-7-11-18-17-10-6-5-8-15(17)12-19(16)18/h5-11,14,20H,4,12-13H2,1-3H3,(H,24,25). The van der Waals surface area contributed by atoms with Crippen molar-refractivity contribution < 1.29 is 19.4 Å². The molecule has 0 radical (unpaired) electrons. The average molecular weight is 367 g/mol. The van der Waals surface area contributed by atoms with Crippen molar-refractivity contribution in [1.82, 2.24) is 4.90 Å². The number of carbonyl (C=O) groups is 2. The van der Waals surface area contributed by atoms with Crippen LogP contribution in [0.5, 0.6) is 0 Å². The van der Waals surface area contributed by atoms with E-state index < -0.39 is 18.1 Å². The number of carboxylic acids is 1. The second-order valence-electron chi connectivity index (χ2n) is 7.11. The molecule has 1 amide bonds. The van der Waals surface area contributed by atoms with Crippen molar-refractivity contribution in [3.63, 3.8) is 0 Å². The van der Waals surface area contributed by atoms with Gasteiger partial charge in [0.15, 0.2) is 0 Å². The first-order valence-corrected chi connectivity index (χ1v) is 9.25. The maximum atomic E-state index is 12.4. The van der Waals surface area contributed by atoms with E-state index in [2.05, 4.69) is 18.2 Å². The first-order chi connectivity index (χ1) is 12.9. The normalized spacial score (nSPS) is 14.0. The number of likely N-dealkylation sites (N-methyl/N-ethyl adjacent to an activating group) is 1. The van der Waals surface area contributed by atoms with Gasteiger partial charge in [0.25, 0.3) is 0 Å². The van der Waals surface area contributed by atoms with Gasteiger partial charge in [0.05, 0.1) is 0 Å². The van der Waals surface area contributed by atoms with Crippen LogP contribution in [0.15, 0.2) is 42.5 Å². The third-order valence-electron chi connectivity index (χ3n) is 5.44. The van der Waals surface area contributed by atoms with Crippen molar-refractivity contribution in [3.8, 4) is 11.1 Å². The molecular weight excluding hydrogens is 342 g/mol. The number of ether oxygens (including phenoxy) is 1. The smallest absolute Gasteiger partial charge is 0.410 e. The largest absolute Gasteiger partial charge is 0.480 e. The van der Waals surface area contributed by atoms with Crippen molar-refractivity contribution in [1.29, 1.82) is 0 Å². The molecule has 1 aliphatic rings. The highest BCUT2D eigenvalue weighted by Gasteiger charge is 2.32. The lowest BCUT2D eigenvalue weighted by molar-refractivity contribution is -0.144. The number of carboxylic acid groups (broad SMARTS) is 1. The van der Waals surface area contributed by atoms with Gasteiger partial charge in [0, 0.05) is 7.05 Å². The molecule has 27 heavy (non-hydrogen) atoms. The molecule has 0 bridgehead atoms. The zero-order valence-electron chi connectivity index (χ0n) is 15.9. The summed E-state index contributed by atoms with van der Waals surface area (Å²) in [7, 11) is 1.48. The van der Waals surface area contributed by atoms with Crippen LogP contribution in [0.3, 0.4) is 0 Å². The number of hydrogen-bond donors (Lipinski definition) is 1. The van der Waals surface area contributed by atoms with E-state index in [1.807, 2.05) is 38.1 Å². The summed E-state index contributed by atoms with van der Waals surface area (Å²) in [5, 5.41) is 9.46. The predicted octanol–water partition coefficient (Wildman–Crippen LogP) is 4.33. The molecule has 0 saturated carbocycles. The molecule has 5 heteroatoms. The zero-order valence-corrected chi connectivity index (χ0v) is 15.9. The Labute approximate surface area is 159 Å². The van der Waals surface area contributed by atoms with Gasteiger partial charge < -0.3 is 9.84 Å². The van der Waals surface area contributed by atoms with E-state index in [0.29, 0.717) is 6.42 Å².